The Balaban J connectivity index is 1.91. The number of rotatable bonds is 7. The van der Waals surface area contributed by atoms with Crippen molar-refractivity contribution >= 4 is 11.9 Å². The van der Waals surface area contributed by atoms with Crippen LogP contribution in [0.3, 0.4) is 0 Å². The first-order chi connectivity index (χ1) is 11.8. The van der Waals surface area contributed by atoms with Crippen LogP contribution in [-0.2, 0) is 9.59 Å². The second kappa shape index (κ2) is 7.65. The number of carboxylic acid groups (broad SMARTS) is 1. The zero-order valence-corrected chi connectivity index (χ0v) is 14.3. The molecule has 0 aliphatic heterocycles. The van der Waals surface area contributed by atoms with E-state index >= 15 is 0 Å². The molecule has 2 rings (SSSR count). The minimum absolute atomic E-state index is 0.256. The predicted octanol–water partition coefficient (Wildman–Crippen LogP) is 2.57. The molecule has 0 aliphatic carbocycles. The maximum absolute atomic E-state index is 12.1. The van der Waals surface area contributed by atoms with Gasteiger partial charge in [0.15, 0.2) is 6.61 Å². The highest BCUT2D eigenvalue weighted by Gasteiger charge is 2.35. The fourth-order valence-electron chi connectivity index (χ4n) is 1.83. The lowest BCUT2D eigenvalue weighted by molar-refractivity contribution is -0.156. The minimum atomic E-state index is -1.30. The van der Waals surface area contributed by atoms with Crippen molar-refractivity contribution in [3.8, 4) is 17.4 Å². The highest BCUT2D eigenvalue weighted by atomic mass is 16.5. The van der Waals surface area contributed by atoms with Gasteiger partial charge in [-0.3, -0.25) is 4.79 Å². The number of pyridine rings is 1. The zero-order valence-electron chi connectivity index (χ0n) is 14.3. The van der Waals surface area contributed by atoms with Crippen molar-refractivity contribution in [3.63, 3.8) is 0 Å². The average Bonchev–Trinajstić information content (AvgIpc) is 2.61. The van der Waals surface area contributed by atoms with Gasteiger partial charge in [-0.1, -0.05) is 6.07 Å². The Morgan fingerprint density at radius 2 is 1.76 bits per heavy atom. The van der Waals surface area contributed by atoms with Gasteiger partial charge in [-0.25, -0.2) is 9.78 Å². The van der Waals surface area contributed by atoms with Crippen molar-refractivity contribution in [2.24, 2.45) is 0 Å². The molecule has 0 spiro atoms. The lowest BCUT2D eigenvalue weighted by Gasteiger charge is -2.31. The third-order valence-electron chi connectivity index (χ3n) is 3.78. The summed E-state index contributed by atoms with van der Waals surface area (Å²) in [5.74, 6) is 0.0224. The molecule has 1 aromatic carbocycles. The molecular formula is C18H20N2O5. The third kappa shape index (κ3) is 4.69. The molecule has 132 valence electrons. The molecule has 1 heterocycles. The molecule has 0 saturated carbocycles. The van der Waals surface area contributed by atoms with Gasteiger partial charge < -0.3 is 19.5 Å². The molecule has 7 heteroatoms. The number of benzene rings is 1. The van der Waals surface area contributed by atoms with Crippen molar-refractivity contribution < 1.29 is 24.2 Å². The molecule has 0 aliphatic rings. The normalized spacial score (nSPS) is 10.8. The number of nitrogens with zero attached hydrogens (tertiary/aromatic N) is 2. The van der Waals surface area contributed by atoms with Gasteiger partial charge in [0, 0.05) is 19.3 Å². The summed E-state index contributed by atoms with van der Waals surface area (Å²) in [5.41, 5.74) is -1.30. The van der Waals surface area contributed by atoms with E-state index < -0.39 is 17.4 Å². The van der Waals surface area contributed by atoms with E-state index in [1.54, 1.807) is 42.6 Å². The Morgan fingerprint density at radius 3 is 2.32 bits per heavy atom. The first-order valence-corrected chi connectivity index (χ1v) is 7.62. The van der Waals surface area contributed by atoms with E-state index in [0.717, 1.165) is 4.90 Å². The van der Waals surface area contributed by atoms with Crippen LogP contribution in [0, 0.1) is 0 Å². The highest BCUT2D eigenvalue weighted by molar-refractivity contribution is 5.86. The van der Waals surface area contributed by atoms with Crippen LogP contribution < -0.4 is 9.47 Å². The monoisotopic (exact) mass is 344 g/mol. The lowest BCUT2D eigenvalue weighted by Crippen LogP contribution is -2.52. The summed E-state index contributed by atoms with van der Waals surface area (Å²) in [6, 6.07) is 12.1. The lowest BCUT2D eigenvalue weighted by atomic mass is 10.0. The number of aromatic nitrogens is 1. The van der Waals surface area contributed by atoms with E-state index in [2.05, 4.69) is 4.98 Å². The van der Waals surface area contributed by atoms with Crippen molar-refractivity contribution in [2.45, 2.75) is 19.4 Å². The van der Waals surface area contributed by atoms with Crippen LogP contribution in [0.5, 0.6) is 17.4 Å². The van der Waals surface area contributed by atoms with E-state index in [0.29, 0.717) is 17.4 Å². The van der Waals surface area contributed by atoms with Crippen molar-refractivity contribution in [1.29, 1.82) is 0 Å². The molecule has 1 N–H and O–H groups in total. The summed E-state index contributed by atoms with van der Waals surface area (Å²) in [4.78, 5) is 28.5. The highest BCUT2D eigenvalue weighted by Crippen LogP contribution is 2.22. The van der Waals surface area contributed by atoms with Crippen LogP contribution in [0.15, 0.2) is 48.7 Å². The van der Waals surface area contributed by atoms with Gasteiger partial charge >= 0.3 is 5.97 Å². The molecule has 25 heavy (non-hydrogen) atoms. The summed E-state index contributed by atoms with van der Waals surface area (Å²) in [6.07, 6.45) is 1.63. The van der Waals surface area contributed by atoms with E-state index in [1.165, 1.54) is 20.9 Å². The maximum Gasteiger partial charge on any atom is 0.329 e. The van der Waals surface area contributed by atoms with E-state index in [-0.39, 0.29) is 6.61 Å². The van der Waals surface area contributed by atoms with E-state index in [4.69, 9.17) is 14.6 Å². The SMILES string of the molecule is CN(C(=O)COc1ccc(Oc2ccccn2)cc1)C(C)(C)C(=O)O. The number of carbonyl (C=O) groups excluding carboxylic acids is 1. The van der Waals surface area contributed by atoms with Crippen LogP contribution in [0.25, 0.3) is 0 Å². The standard InChI is InChI=1S/C18H20N2O5/c1-18(2,17(22)23)20(3)16(21)12-24-13-7-9-14(10-8-13)25-15-6-4-5-11-19-15/h4-11H,12H2,1-3H3,(H,22,23). The predicted molar refractivity (Wildman–Crippen MR) is 90.7 cm³/mol. The molecule has 7 nitrogen and oxygen atoms in total. The second-order valence-electron chi connectivity index (χ2n) is 5.85. The molecule has 2 aromatic rings. The smallest absolute Gasteiger partial charge is 0.329 e. The number of carboxylic acids is 1. The average molecular weight is 344 g/mol. The van der Waals surface area contributed by atoms with Crippen LogP contribution in [0.1, 0.15) is 13.8 Å². The van der Waals surface area contributed by atoms with Gasteiger partial charge in [-0.05, 0) is 44.2 Å². The van der Waals surface area contributed by atoms with E-state index in [1.807, 2.05) is 6.07 Å². The topological polar surface area (TPSA) is 89.0 Å². The fourth-order valence-corrected chi connectivity index (χ4v) is 1.83. The summed E-state index contributed by atoms with van der Waals surface area (Å²) < 4.78 is 11.0. The number of amides is 1. The fraction of sp³-hybridized carbons (Fsp3) is 0.278. The molecule has 0 saturated heterocycles. The number of carbonyl (C=O) groups is 2. The number of hydrogen-bond donors (Lipinski definition) is 1. The van der Waals surface area contributed by atoms with Gasteiger partial charge in [0.25, 0.3) is 5.91 Å². The van der Waals surface area contributed by atoms with Crippen molar-refractivity contribution in [1.82, 2.24) is 9.88 Å². The van der Waals surface area contributed by atoms with Gasteiger partial charge in [-0.15, -0.1) is 0 Å². The van der Waals surface area contributed by atoms with Crippen molar-refractivity contribution in [3.05, 3.63) is 48.7 Å². The van der Waals surface area contributed by atoms with Gasteiger partial charge in [0.2, 0.25) is 5.88 Å². The molecule has 0 atom stereocenters. The van der Waals surface area contributed by atoms with Crippen LogP contribution in [-0.4, -0.2) is 46.1 Å². The number of aliphatic carboxylic acids is 1. The number of ether oxygens (including phenoxy) is 2. The quantitative estimate of drug-likeness (QED) is 0.830. The summed E-state index contributed by atoms with van der Waals surface area (Å²) in [5, 5.41) is 9.14. The first kappa shape index (κ1) is 18.3. The second-order valence-corrected chi connectivity index (χ2v) is 5.85. The summed E-state index contributed by atoms with van der Waals surface area (Å²) in [6.45, 7) is 2.65. The molecule has 0 radical (unpaired) electrons. The van der Waals surface area contributed by atoms with Gasteiger partial charge in [0.1, 0.15) is 17.0 Å². The Hall–Kier alpha value is -3.09. The molecular weight excluding hydrogens is 324 g/mol. The molecule has 1 amide bonds. The Bertz CT molecular complexity index is 729. The van der Waals surface area contributed by atoms with Crippen LogP contribution in [0.2, 0.25) is 0 Å². The van der Waals surface area contributed by atoms with Crippen LogP contribution in [0.4, 0.5) is 0 Å². The first-order valence-electron chi connectivity index (χ1n) is 7.62. The summed E-state index contributed by atoms with van der Waals surface area (Å²) >= 11 is 0. The maximum atomic E-state index is 12.1. The zero-order chi connectivity index (χ0) is 18.4. The molecule has 0 bridgehead atoms. The largest absolute Gasteiger partial charge is 0.484 e. The van der Waals surface area contributed by atoms with Crippen LogP contribution >= 0.6 is 0 Å². The molecule has 0 unspecified atom stereocenters. The van der Waals surface area contributed by atoms with Gasteiger partial charge in [0.05, 0.1) is 0 Å². The Kier molecular flexibility index (Phi) is 5.59. The Labute approximate surface area is 145 Å². The van der Waals surface area contributed by atoms with E-state index in [9.17, 15) is 9.59 Å². The summed E-state index contributed by atoms with van der Waals surface area (Å²) in [7, 11) is 1.43. The van der Waals surface area contributed by atoms with Gasteiger partial charge in [-0.2, -0.15) is 0 Å². The van der Waals surface area contributed by atoms with Crippen molar-refractivity contribution in [2.75, 3.05) is 13.7 Å². The molecule has 0 fully saturated rings. The Morgan fingerprint density at radius 1 is 1.12 bits per heavy atom. The minimum Gasteiger partial charge on any atom is -0.484 e. The number of hydrogen-bond acceptors (Lipinski definition) is 5. The number of likely N-dealkylation sites (N-methyl/N-ethyl adjacent to an activating group) is 1. The third-order valence-corrected chi connectivity index (χ3v) is 3.78. The molecule has 1 aromatic heterocycles.